The standard InChI is InChI=1S/C23H27N3O3S/c1-4-26-19-7-5-6-8-20(19)30-23(2,22(26)28)21(27)25-15-13-24(14-16-25)17-9-11-18(29-3)12-10-17/h5-12H,4,13-16H2,1-3H3. The number of methoxy groups -OCH3 is 1. The number of ether oxygens (including phenoxy) is 1. The average molecular weight is 426 g/mol. The van der Waals surface area contributed by atoms with E-state index >= 15 is 0 Å². The third kappa shape index (κ3) is 3.51. The molecular formula is C23H27N3O3S. The minimum atomic E-state index is -1.13. The van der Waals surface area contributed by atoms with E-state index in [1.807, 2.05) is 60.4 Å². The van der Waals surface area contributed by atoms with Crippen LogP contribution in [-0.4, -0.2) is 61.3 Å². The van der Waals surface area contributed by atoms with Crippen molar-refractivity contribution < 1.29 is 14.3 Å². The van der Waals surface area contributed by atoms with Crippen molar-refractivity contribution >= 4 is 35.0 Å². The molecule has 1 unspecified atom stereocenters. The van der Waals surface area contributed by atoms with E-state index in [0.717, 1.165) is 35.1 Å². The smallest absolute Gasteiger partial charge is 0.252 e. The minimum absolute atomic E-state index is 0.0974. The number of thioether (sulfide) groups is 1. The summed E-state index contributed by atoms with van der Waals surface area (Å²) in [5.74, 6) is 0.602. The first kappa shape index (κ1) is 20.6. The molecular weight excluding hydrogens is 398 g/mol. The van der Waals surface area contributed by atoms with E-state index in [2.05, 4.69) is 4.90 Å². The molecule has 0 N–H and O–H groups in total. The highest BCUT2D eigenvalue weighted by Gasteiger charge is 2.50. The molecule has 0 aliphatic carbocycles. The number of fused-ring (bicyclic) bond motifs is 1. The summed E-state index contributed by atoms with van der Waals surface area (Å²) in [4.78, 5) is 33.6. The molecule has 4 rings (SSSR count). The Kier molecular flexibility index (Phi) is 5.64. The number of carbonyl (C=O) groups excluding carboxylic acids is 2. The van der Waals surface area contributed by atoms with Gasteiger partial charge in [-0.2, -0.15) is 0 Å². The Morgan fingerprint density at radius 3 is 2.37 bits per heavy atom. The van der Waals surface area contributed by atoms with Crippen LogP contribution >= 0.6 is 11.8 Å². The molecule has 7 heteroatoms. The van der Waals surface area contributed by atoms with Gasteiger partial charge in [0.05, 0.1) is 12.8 Å². The summed E-state index contributed by atoms with van der Waals surface area (Å²) < 4.78 is 4.09. The third-order valence-corrected chi connectivity index (χ3v) is 7.17. The molecule has 0 spiro atoms. The number of anilines is 2. The van der Waals surface area contributed by atoms with Crippen molar-refractivity contribution in [3.8, 4) is 5.75 Å². The zero-order chi connectivity index (χ0) is 21.3. The van der Waals surface area contributed by atoms with E-state index in [-0.39, 0.29) is 11.8 Å². The molecule has 0 bridgehead atoms. The number of hydrogen-bond acceptors (Lipinski definition) is 5. The fourth-order valence-electron chi connectivity index (χ4n) is 4.11. The number of nitrogens with zero attached hydrogens (tertiary/aromatic N) is 3. The van der Waals surface area contributed by atoms with Crippen molar-refractivity contribution in [2.45, 2.75) is 23.5 Å². The van der Waals surface area contributed by atoms with Gasteiger partial charge in [-0.25, -0.2) is 0 Å². The second-order valence-electron chi connectivity index (χ2n) is 7.63. The Hall–Kier alpha value is -2.67. The molecule has 6 nitrogen and oxygen atoms in total. The molecule has 2 aliphatic rings. The highest BCUT2D eigenvalue weighted by Crippen LogP contribution is 2.46. The van der Waals surface area contributed by atoms with Gasteiger partial charge in [0.2, 0.25) is 5.91 Å². The fraction of sp³-hybridized carbons (Fsp3) is 0.391. The predicted molar refractivity (Wildman–Crippen MR) is 121 cm³/mol. The van der Waals surface area contributed by atoms with Crippen molar-refractivity contribution in [1.82, 2.24) is 4.90 Å². The zero-order valence-electron chi connectivity index (χ0n) is 17.6. The Morgan fingerprint density at radius 2 is 1.73 bits per heavy atom. The van der Waals surface area contributed by atoms with Gasteiger partial charge in [-0.05, 0) is 50.2 Å². The summed E-state index contributed by atoms with van der Waals surface area (Å²) in [7, 11) is 1.66. The van der Waals surface area contributed by atoms with E-state index < -0.39 is 4.75 Å². The molecule has 2 heterocycles. The number of para-hydroxylation sites is 1. The largest absolute Gasteiger partial charge is 0.497 e. The predicted octanol–water partition coefficient (Wildman–Crippen LogP) is 3.26. The van der Waals surface area contributed by atoms with Gasteiger partial charge in [0.1, 0.15) is 5.75 Å². The maximum atomic E-state index is 13.5. The lowest BCUT2D eigenvalue weighted by molar-refractivity contribution is -0.138. The molecule has 2 aromatic rings. The van der Waals surface area contributed by atoms with E-state index in [1.165, 1.54) is 11.8 Å². The van der Waals surface area contributed by atoms with Crippen LogP contribution in [0.15, 0.2) is 53.4 Å². The summed E-state index contributed by atoms with van der Waals surface area (Å²) >= 11 is 1.38. The number of piperazine rings is 1. The summed E-state index contributed by atoms with van der Waals surface area (Å²) in [6.45, 7) is 6.94. The Bertz CT molecular complexity index is 941. The van der Waals surface area contributed by atoms with Crippen LogP contribution in [0.5, 0.6) is 5.75 Å². The molecule has 158 valence electrons. The van der Waals surface area contributed by atoms with E-state index in [1.54, 1.807) is 18.9 Å². The van der Waals surface area contributed by atoms with E-state index in [9.17, 15) is 9.59 Å². The lowest BCUT2D eigenvalue weighted by atomic mass is 10.1. The van der Waals surface area contributed by atoms with Crippen molar-refractivity contribution in [2.24, 2.45) is 0 Å². The topological polar surface area (TPSA) is 53.1 Å². The summed E-state index contributed by atoms with van der Waals surface area (Å²) in [5, 5.41) is 0. The maximum absolute atomic E-state index is 13.5. The first-order valence-electron chi connectivity index (χ1n) is 10.3. The van der Waals surface area contributed by atoms with Crippen LogP contribution in [0.4, 0.5) is 11.4 Å². The van der Waals surface area contributed by atoms with Gasteiger partial charge in [-0.3, -0.25) is 9.59 Å². The van der Waals surface area contributed by atoms with Gasteiger partial charge in [-0.15, -0.1) is 0 Å². The molecule has 1 fully saturated rings. The van der Waals surface area contributed by atoms with Gasteiger partial charge in [0.25, 0.3) is 5.91 Å². The number of hydrogen-bond donors (Lipinski definition) is 0. The van der Waals surface area contributed by atoms with Crippen LogP contribution in [0.1, 0.15) is 13.8 Å². The molecule has 2 amide bonds. The minimum Gasteiger partial charge on any atom is -0.497 e. The van der Waals surface area contributed by atoms with Crippen molar-refractivity contribution in [2.75, 3.05) is 49.6 Å². The third-order valence-electron chi connectivity index (χ3n) is 5.85. The van der Waals surface area contributed by atoms with Gasteiger partial charge in [0.15, 0.2) is 4.75 Å². The zero-order valence-corrected chi connectivity index (χ0v) is 18.4. The Balaban J connectivity index is 1.49. The van der Waals surface area contributed by atoms with Crippen LogP contribution < -0.4 is 14.5 Å². The summed E-state index contributed by atoms with van der Waals surface area (Å²) in [6.07, 6.45) is 0. The van der Waals surface area contributed by atoms with Crippen LogP contribution in [0.2, 0.25) is 0 Å². The molecule has 1 atom stereocenters. The van der Waals surface area contributed by atoms with E-state index in [4.69, 9.17) is 4.74 Å². The van der Waals surface area contributed by atoms with Crippen molar-refractivity contribution in [1.29, 1.82) is 0 Å². The molecule has 0 radical (unpaired) electrons. The molecule has 2 aliphatic heterocycles. The molecule has 1 saturated heterocycles. The van der Waals surface area contributed by atoms with Crippen LogP contribution in [-0.2, 0) is 9.59 Å². The quantitative estimate of drug-likeness (QED) is 0.704. The van der Waals surface area contributed by atoms with Gasteiger partial charge < -0.3 is 19.4 Å². The van der Waals surface area contributed by atoms with Crippen LogP contribution in [0, 0.1) is 0 Å². The molecule has 0 aromatic heterocycles. The van der Waals surface area contributed by atoms with Crippen LogP contribution in [0.25, 0.3) is 0 Å². The van der Waals surface area contributed by atoms with Gasteiger partial charge >= 0.3 is 0 Å². The lowest BCUT2D eigenvalue weighted by Gasteiger charge is -2.43. The second kappa shape index (κ2) is 8.22. The van der Waals surface area contributed by atoms with Gasteiger partial charge in [-0.1, -0.05) is 23.9 Å². The molecule has 0 saturated carbocycles. The van der Waals surface area contributed by atoms with Crippen LogP contribution in [0.3, 0.4) is 0 Å². The normalized spacial score (nSPS) is 21.4. The molecule has 2 aromatic carbocycles. The maximum Gasteiger partial charge on any atom is 0.252 e. The Labute approximate surface area is 181 Å². The first-order chi connectivity index (χ1) is 14.5. The highest BCUT2D eigenvalue weighted by atomic mass is 32.2. The fourth-order valence-corrected chi connectivity index (χ4v) is 5.39. The number of amides is 2. The summed E-state index contributed by atoms with van der Waals surface area (Å²) in [6, 6.07) is 15.8. The van der Waals surface area contributed by atoms with Crippen molar-refractivity contribution in [3.05, 3.63) is 48.5 Å². The molecule has 30 heavy (non-hydrogen) atoms. The number of rotatable bonds is 4. The lowest BCUT2D eigenvalue weighted by Crippen LogP contribution is -2.60. The van der Waals surface area contributed by atoms with Crippen molar-refractivity contribution in [3.63, 3.8) is 0 Å². The number of carbonyl (C=O) groups is 2. The first-order valence-corrected chi connectivity index (χ1v) is 11.1. The van der Waals surface area contributed by atoms with E-state index in [0.29, 0.717) is 19.6 Å². The SMILES string of the molecule is CCN1C(=O)C(C)(C(=O)N2CCN(c3ccc(OC)cc3)CC2)Sc2ccccc21. The monoisotopic (exact) mass is 425 g/mol. The number of benzene rings is 2. The Morgan fingerprint density at radius 1 is 1.07 bits per heavy atom. The highest BCUT2D eigenvalue weighted by molar-refractivity contribution is 8.02. The van der Waals surface area contributed by atoms with Gasteiger partial charge in [0, 0.05) is 43.3 Å². The summed E-state index contributed by atoms with van der Waals surface area (Å²) in [5.41, 5.74) is 2.01. The second-order valence-corrected chi connectivity index (χ2v) is 9.09. The average Bonchev–Trinajstić information content (AvgIpc) is 2.79.